The van der Waals surface area contributed by atoms with E-state index in [1.807, 2.05) is 6.20 Å². The van der Waals surface area contributed by atoms with Crippen LogP contribution in [0.1, 0.15) is 22.6 Å². The zero-order valence-electron chi connectivity index (χ0n) is 11.6. The van der Waals surface area contributed by atoms with Crippen LogP contribution in [0.25, 0.3) is 0 Å². The molecular weight excluding hydrogens is 248 g/mol. The molecule has 2 N–H and O–H groups in total. The molecule has 1 aromatic carbocycles. The van der Waals surface area contributed by atoms with E-state index in [1.165, 1.54) is 16.8 Å². The summed E-state index contributed by atoms with van der Waals surface area (Å²) in [5.41, 5.74) is 9.39. The molecule has 1 aliphatic rings. The number of nitrogens with two attached hydrogens (primary N) is 1. The average Bonchev–Trinajstić information content (AvgIpc) is 2.48. The Labute approximate surface area is 119 Å². The molecule has 104 valence electrons. The quantitative estimate of drug-likeness (QED) is 0.914. The lowest BCUT2D eigenvalue weighted by Crippen LogP contribution is -2.31. The molecule has 3 rings (SSSR count). The first-order valence-electron chi connectivity index (χ1n) is 7.15. The Balaban J connectivity index is 1.72. The Morgan fingerprint density at radius 1 is 1.20 bits per heavy atom. The minimum absolute atomic E-state index is 0.604. The summed E-state index contributed by atoms with van der Waals surface area (Å²) >= 11 is 0. The SMILES string of the molecule is NCCc1ncc2c(n1)CN(Cc1ccccc1)CC2. The van der Waals surface area contributed by atoms with Crippen LogP contribution in [0.2, 0.25) is 0 Å². The van der Waals surface area contributed by atoms with Gasteiger partial charge in [-0.15, -0.1) is 0 Å². The maximum atomic E-state index is 5.58. The standard InChI is InChI=1S/C16H20N4/c17-8-6-16-18-10-14-7-9-20(12-15(14)19-16)11-13-4-2-1-3-5-13/h1-5,10H,6-9,11-12,17H2. The van der Waals surface area contributed by atoms with E-state index in [1.54, 1.807) is 0 Å². The number of nitrogens with zero attached hydrogens (tertiary/aromatic N) is 3. The predicted octanol–water partition coefficient (Wildman–Crippen LogP) is 1.54. The van der Waals surface area contributed by atoms with Crippen LogP contribution in [0.4, 0.5) is 0 Å². The summed E-state index contributed by atoms with van der Waals surface area (Å²) in [5, 5.41) is 0. The van der Waals surface area contributed by atoms with E-state index in [0.29, 0.717) is 6.54 Å². The third-order valence-electron chi connectivity index (χ3n) is 3.69. The monoisotopic (exact) mass is 268 g/mol. The number of hydrogen-bond donors (Lipinski definition) is 1. The van der Waals surface area contributed by atoms with E-state index in [9.17, 15) is 0 Å². The van der Waals surface area contributed by atoms with Crippen molar-refractivity contribution in [2.24, 2.45) is 5.73 Å². The predicted molar refractivity (Wildman–Crippen MR) is 79.1 cm³/mol. The van der Waals surface area contributed by atoms with Gasteiger partial charge in [-0.25, -0.2) is 9.97 Å². The Morgan fingerprint density at radius 3 is 2.85 bits per heavy atom. The highest BCUT2D eigenvalue weighted by molar-refractivity contribution is 5.22. The van der Waals surface area contributed by atoms with Gasteiger partial charge in [-0.3, -0.25) is 4.90 Å². The molecule has 4 heteroatoms. The highest BCUT2D eigenvalue weighted by Gasteiger charge is 2.18. The van der Waals surface area contributed by atoms with E-state index in [2.05, 4.69) is 45.2 Å². The molecular formula is C16H20N4. The normalized spacial score (nSPS) is 15.1. The second-order valence-electron chi connectivity index (χ2n) is 5.24. The molecule has 0 saturated heterocycles. The number of aromatic nitrogens is 2. The first kappa shape index (κ1) is 13.2. The molecule has 0 unspecified atom stereocenters. The lowest BCUT2D eigenvalue weighted by Gasteiger charge is -2.28. The first-order valence-corrected chi connectivity index (χ1v) is 7.15. The molecule has 4 nitrogen and oxygen atoms in total. The van der Waals surface area contributed by atoms with E-state index in [4.69, 9.17) is 5.73 Å². The van der Waals surface area contributed by atoms with Gasteiger partial charge in [0.25, 0.3) is 0 Å². The highest BCUT2D eigenvalue weighted by Crippen LogP contribution is 2.18. The van der Waals surface area contributed by atoms with Crippen molar-refractivity contribution in [3.05, 3.63) is 59.2 Å². The van der Waals surface area contributed by atoms with Crippen molar-refractivity contribution < 1.29 is 0 Å². The van der Waals surface area contributed by atoms with Crippen molar-refractivity contribution in [1.29, 1.82) is 0 Å². The average molecular weight is 268 g/mol. The molecule has 0 saturated carbocycles. The smallest absolute Gasteiger partial charge is 0.129 e. The largest absolute Gasteiger partial charge is 0.330 e. The summed E-state index contributed by atoms with van der Waals surface area (Å²) in [6.45, 7) is 3.56. The molecule has 0 bridgehead atoms. The van der Waals surface area contributed by atoms with Crippen molar-refractivity contribution in [1.82, 2.24) is 14.9 Å². The summed E-state index contributed by atoms with van der Waals surface area (Å²) in [5.74, 6) is 0.868. The van der Waals surface area contributed by atoms with Crippen LogP contribution >= 0.6 is 0 Å². The van der Waals surface area contributed by atoms with Gasteiger partial charge in [0.1, 0.15) is 5.82 Å². The van der Waals surface area contributed by atoms with Gasteiger partial charge >= 0.3 is 0 Å². The van der Waals surface area contributed by atoms with Crippen LogP contribution < -0.4 is 5.73 Å². The first-order chi connectivity index (χ1) is 9.85. The summed E-state index contributed by atoms with van der Waals surface area (Å²) in [6, 6.07) is 10.6. The van der Waals surface area contributed by atoms with Crippen LogP contribution in [-0.4, -0.2) is 28.0 Å². The number of rotatable bonds is 4. The minimum Gasteiger partial charge on any atom is -0.330 e. The van der Waals surface area contributed by atoms with E-state index >= 15 is 0 Å². The van der Waals surface area contributed by atoms with Crippen molar-refractivity contribution in [3.63, 3.8) is 0 Å². The molecule has 2 heterocycles. The topological polar surface area (TPSA) is 55.0 Å². The fourth-order valence-corrected chi connectivity index (χ4v) is 2.62. The Morgan fingerprint density at radius 2 is 2.05 bits per heavy atom. The molecule has 0 spiro atoms. The lowest BCUT2D eigenvalue weighted by molar-refractivity contribution is 0.240. The van der Waals surface area contributed by atoms with E-state index in [-0.39, 0.29) is 0 Å². The van der Waals surface area contributed by atoms with Gasteiger partial charge in [0.2, 0.25) is 0 Å². The maximum absolute atomic E-state index is 5.58. The molecule has 0 radical (unpaired) electrons. The van der Waals surface area contributed by atoms with Crippen molar-refractivity contribution in [2.75, 3.05) is 13.1 Å². The minimum atomic E-state index is 0.604. The van der Waals surface area contributed by atoms with Gasteiger partial charge in [0.05, 0.1) is 5.69 Å². The zero-order chi connectivity index (χ0) is 13.8. The summed E-state index contributed by atoms with van der Waals surface area (Å²) < 4.78 is 0. The summed E-state index contributed by atoms with van der Waals surface area (Å²) in [4.78, 5) is 11.5. The number of hydrogen-bond acceptors (Lipinski definition) is 4. The van der Waals surface area contributed by atoms with E-state index < -0.39 is 0 Å². The molecule has 20 heavy (non-hydrogen) atoms. The van der Waals surface area contributed by atoms with Crippen molar-refractivity contribution in [2.45, 2.75) is 25.9 Å². The second kappa shape index (κ2) is 6.11. The molecule has 1 aliphatic heterocycles. The van der Waals surface area contributed by atoms with Gasteiger partial charge < -0.3 is 5.73 Å². The van der Waals surface area contributed by atoms with Crippen molar-refractivity contribution in [3.8, 4) is 0 Å². The Bertz CT molecular complexity index is 568. The second-order valence-corrected chi connectivity index (χ2v) is 5.24. The van der Waals surface area contributed by atoms with Crippen LogP contribution in [0.5, 0.6) is 0 Å². The Kier molecular flexibility index (Phi) is 4.04. The molecule has 0 aliphatic carbocycles. The zero-order valence-corrected chi connectivity index (χ0v) is 11.6. The van der Waals surface area contributed by atoms with Crippen LogP contribution in [-0.2, 0) is 25.9 Å². The Hall–Kier alpha value is -1.78. The molecule has 0 fully saturated rings. The van der Waals surface area contributed by atoms with Crippen LogP contribution in [0.15, 0.2) is 36.5 Å². The third kappa shape index (κ3) is 3.03. The lowest BCUT2D eigenvalue weighted by atomic mass is 10.1. The summed E-state index contributed by atoms with van der Waals surface area (Å²) in [6.07, 6.45) is 3.77. The van der Waals surface area contributed by atoms with Gasteiger partial charge in [0, 0.05) is 32.3 Å². The third-order valence-corrected chi connectivity index (χ3v) is 3.69. The fraction of sp³-hybridized carbons (Fsp3) is 0.375. The molecule has 1 aromatic heterocycles. The van der Waals surface area contributed by atoms with Crippen molar-refractivity contribution >= 4 is 0 Å². The summed E-state index contributed by atoms with van der Waals surface area (Å²) in [7, 11) is 0. The van der Waals surface area contributed by atoms with Crippen LogP contribution in [0.3, 0.4) is 0 Å². The number of fused-ring (bicyclic) bond motifs is 1. The highest BCUT2D eigenvalue weighted by atomic mass is 15.1. The molecule has 0 atom stereocenters. The molecule has 2 aromatic rings. The van der Waals surface area contributed by atoms with E-state index in [0.717, 1.165) is 38.3 Å². The molecule has 0 amide bonds. The maximum Gasteiger partial charge on any atom is 0.129 e. The fourth-order valence-electron chi connectivity index (χ4n) is 2.62. The van der Waals surface area contributed by atoms with Gasteiger partial charge in [-0.05, 0) is 24.1 Å². The van der Waals surface area contributed by atoms with Crippen LogP contribution in [0, 0.1) is 0 Å². The number of benzene rings is 1. The van der Waals surface area contributed by atoms with Gasteiger partial charge in [-0.2, -0.15) is 0 Å². The van der Waals surface area contributed by atoms with Gasteiger partial charge in [-0.1, -0.05) is 30.3 Å². The van der Waals surface area contributed by atoms with Gasteiger partial charge in [0.15, 0.2) is 0 Å².